The first-order valence-corrected chi connectivity index (χ1v) is 12.4. The molecule has 2 atom stereocenters. The summed E-state index contributed by atoms with van der Waals surface area (Å²) >= 11 is 1.53. The number of fused-ring (bicyclic) bond motifs is 3. The number of nitrogens with zero attached hydrogens (tertiary/aromatic N) is 3. The smallest absolute Gasteiger partial charge is 0.227 e. The van der Waals surface area contributed by atoms with Gasteiger partial charge in [0.1, 0.15) is 23.6 Å². The minimum atomic E-state index is -0.325. The zero-order valence-corrected chi connectivity index (χ0v) is 20.0. The maximum Gasteiger partial charge on any atom is 0.227 e. The van der Waals surface area contributed by atoms with Crippen LogP contribution in [-0.4, -0.2) is 28.1 Å². The Bertz CT molecular complexity index is 1410. The molecule has 0 bridgehead atoms. The van der Waals surface area contributed by atoms with Gasteiger partial charge in [0.2, 0.25) is 11.1 Å². The van der Waals surface area contributed by atoms with E-state index in [9.17, 15) is 0 Å². The van der Waals surface area contributed by atoms with Crippen LogP contribution in [0.3, 0.4) is 0 Å². The van der Waals surface area contributed by atoms with Crippen molar-refractivity contribution in [3.05, 3.63) is 101 Å². The van der Waals surface area contributed by atoms with Gasteiger partial charge >= 0.3 is 0 Å². The van der Waals surface area contributed by atoms with Gasteiger partial charge < -0.3 is 14.8 Å². The largest absolute Gasteiger partial charge is 0.497 e. The molecule has 0 aliphatic carbocycles. The van der Waals surface area contributed by atoms with Crippen molar-refractivity contribution in [3.63, 3.8) is 0 Å². The van der Waals surface area contributed by atoms with Crippen LogP contribution in [0.25, 0.3) is 5.70 Å². The molecular formula is C27H24N4O2S. The van der Waals surface area contributed by atoms with Crippen LogP contribution in [0.5, 0.6) is 11.5 Å². The third-order valence-electron chi connectivity index (χ3n) is 6.33. The Labute approximate surface area is 202 Å². The van der Waals surface area contributed by atoms with Crippen LogP contribution in [0, 0.1) is 6.92 Å². The van der Waals surface area contributed by atoms with Crippen molar-refractivity contribution in [2.45, 2.75) is 24.2 Å². The number of methoxy groups -OCH3 is 1. The van der Waals surface area contributed by atoms with E-state index >= 15 is 0 Å². The Morgan fingerprint density at radius 3 is 2.62 bits per heavy atom. The van der Waals surface area contributed by atoms with Crippen LogP contribution in [0.1, 0.15) is 34.4 Å². The van der Waals surface area contributed by atoms with Crippen molar-refractivity contribution in [3.8, 4) is 11.5 Å². The number of aromatic nitrogens is 3. The van der Waals surface area contributed by atoms with Gasteiger partial charge in [-0.05, 0) is 43.0 Å². The van der Waals surface area contributed by atoms with Gasteiger partial charge in [0.25, 0.3) is 0 Å². The molecule has 0 spiro atoms. The predicted molar refractivity (Wildman–Crippen MR) is 134 cm³/mol. The lowest BCUT2D eigenvalue weighted by molar-refractivity contribution is 0.222. The molecule has 0 saturated carbocycles. The lowest BCUT2D eigenvalue weighted by Crippen LogP contribution is -2.32. The molecule has 2 aliphatic heterocycles. The number of hydrogen-bond acceptors (Lipinski definition) is 6. The molecule has 170 valence electrons. The normalized spacial score (nSPS) is 18.3. The lowest BCUT2D eigenvalue weighted by atomic mass is 9.84. The summed E-state index contributed by atoms with van der Waals surface area (Å²) in [5.41, 5.74) is 6.51. The Balaban J connectivity index is 1.62. The highest BCUT2D eigenvalue weighted by atomic mass is 32.2. The fourth-order valence-corrected chi connectivity index (χ4v) is 5.04. The summed E-state index contributed by atoms with van der Waals surface area (Å²) in [6, 6.07) is 24.7. The van der Waals surface area contributed by atoms with E-state index in [1.165, 1.54) is 17.3 Å². The number of benzene rings is 3. The summed E-state index contributed by atoms with van der Waals surface area (Å²) in [6.45, 7) is 2.10. The molecule has 0 amide bonds. The van der Waals surface area contributed by atoms with Gasteiger partial charge in [-0.3, -0.25) is 0 Å². The molecule has 4 aromatic rings. The van der Waals surface area contributed by atoms with E-state index in [1.807, 2.05) is 47.3 Å². The average molecular weight is 469 g/mol. The third-order valence-corrected chi connectivity index (χ3v) is 6.87. The Morgan fingerprint density at radius 2 is 1.82 bits per heavy atom. The number of aryl methyl sites for hydroxylation is 1. The number of hydrogen-bond donors (Lipinski definition) is 1. The maximum atomic E-state index is 6.69. The second-order valence-electron chi connectivity index (χ2n) is 8.41. The first kappa shape index (κ1) is 20.9. The van der Waals surface area contributed by atoms with Crippen molar-refractivity contribution >= 4 is 23.4 Å². The second-order valence-corrected chi connectivity index (χ2v) is 9.18. The second kappa shape index (κ2) is 8.25. The van der Waals surface area contributed by atoms with Crippen molar-refractivity contribution in [2.24, 2.45) is 0 Å². The average Bonchev–Trinajstić information content (AvgIpc) is 3.30. The highest BCUT2D eigenvalue weighted by Gasteiger charge is 2.41. The minimum absolute atomic E-state index is 0.176. The van der Waals surface area contributed by atoms with Crippen LogP contribution in [-0.2, 0) is 0 Å². The molecule has 7 heteroatoms. The molecule has 0 radical (unpaired) electrons. The molecule has 0 fully saturated rings. The third kappa shape index (κ3) is 3.35. The Hall–Kier alpha value is -3.71. The van der Waals surface area contributed by atoms with Gasteiger partial charge in [-0.25, -0.2) is 4.68 Å². The minimum Gasteiger partial charge on any atom is -0.497 e. The predicted octanol–water partition coefficient (Wildman–Crippen LogP) is 5.88. The lowest BCUT2D eigenvalue weighted by Gasteiger charge is -2.39. The Kier molecular flexibility index (Phi) is 5.07. The highest BCUT2D eigenvalue weighted by molar-refractivity contribution is 7.98. The fraction of sp³-hybridized carbons (Fsp3) is 0.185. The summed E-state index contributed by atoms with van der Waals surface area (Å²) in [5.74, 6) is 2.36. The number of nitrogens with one attached hydrogen (secondary N) is 1. The van der Waals surface area contributed by atoms with E-state index in [0.29, 0.717) is 0 Å². The maximum absolute atomic E-state index is 6.69. The summed E-state index contributed by atoms with van der Waals surface area (Å²) in [7, 11) is 1.68. The van der Waals surface area contributed by atoms with E-state index in [0.717, 1.165) is 50.6 Å². The summed E-state index contributed by atoms with van der Waals surface area (Å²) in [5, 5.41) is 9.17. The zero-order valence-electron chi connectivity index (χ0n) is 19.1. The van der Waals surface area contributed by atoms with Crippen molar-refractivity contribution in [1.29, 1.82) is 0 Å². The number of rotatable bonds is 4. The number of ether oxygens (including phenoxy) is 2. The molecule has 1 N–H and O–H groups in total. The van der Waals surface area contributed by atoms with Crippen LogP contribution in [0.4, 0.5) is 5.95 Å². The first-order valence-electron chi connectivity index (χ1n) is 11.1. The van der Waals surface area contributed by atoms with E-state index in [1.54, 1.807) is 7.11 Å². The molecule has 3 heterocycles. The van der Waals surface area contributed by atoms with Gasteiger partial charge in [-0.15, -0.1) is 5.10 Å². The van der Waals surface area contributed by atoms with Crippen LogP contribution < -0.4 is 14.8 Å². The molecule has 0 unspecified atom stereocenters. The fourth-order valence-electron chi connectivity index (χ4n) is 4.69. The molecule has 1 aromatic heterocycles. The molecule has 6 rings (SSSR count). The van der Waals surface area contributed by atoms with Gasteiger partial charge in [0.05, 0.1) is 12.8 Å². The number of para-hydroxylation sites is 1. The summed E-state index contributed by atoms with van der Waals surface area (Å²) in [6.07, 6.45) is 1.67. The van der Waals surface area contributed by atoms with E-state index in [2.05, 4.69) is 48.6 Å². The van der Waals surface area contributed by atoms with Gasteiger partial charge in [-0.2, -0.15) is 4.98 Å². The quantitative estimate of drug-likeness (QED) is 0.378. The molecule has 0 saturated heterocycles. The Morgan fingerprint density at radius 1 is 1.00 bits per heavy atom. The van der Waals surface area contributed by atoms with Crippen molar-refractivity contribution in [2.75, 3.05) is 18.7 Å². The summed E-state index contributed by atoms with van der Waals surface area (Å²) in [4.78, 5) is 4.76. The zero-order chi connectivity index (χ0) is 23.2. The van der Waals surface area contributed by atoms with E-state index in [4.69, 9.17) is 19.6 Å². The topological polar surface area (TPSA) is 61.2 Å². The van der Waals surface area contributed by atoms with Crippen molar-refractivity contribution < 1.29 is 9.47 Å². The standard InChI is InChI=1S/C27H24N4O2S/c1-16-11-13-17(14-12-16)24-22-23(28-26-29-27(34-3)30-31(24)26)20-9-4-5-10-21(20)33-25(22)18-7-6-8-19(15-18)32-2/h4-15,24-25H,1-3H3,(H,28,29,30)/t24-,25+/m1/s1. The van der Waals surface area contributed by atoms with Gasteiger partial charge in [0.15, 0.2) is 0 Å². The molecule has 6 nitrogen and oxygen atoms in total. The number of anilines is 1. The summed E-state index contributed by atoms with van der Waals surface area (Å²) < 4.78 is 14.2. The van der Waals surface area contributed by atoms with Crippen LogP contribution in [0.15, 0.2) is 83.5 Å². The highest BCUT2D eigenvalue weighted by Crippen LogP contribution is 2.51. The monoisotopic (exact) mass is 468 g/mol. The van der Waals surface area contributed by atoms with Crippen LogP contribution in [0.2, 0.25) is 0 Å². The number of thioether (sulfide) groups is 1. The van der Waals surface area contributed by atoms with Crippen LogP contribution >= 0.6 is 11.8 Å². The van der Waals surface area contributed by atoms with Crippen molar-refractivity contribution in [1.82, 2.24) is 14.8 Å². The molecular weight excluding hydrogens is 444 g/mol. The van der Waals surface area contributed by atoms with E-state index < -0.39 is 0 Å². The molecule has 34 heavy (non-hydrogen) atoms. The van der Waals surface area contributed by atoms with E-state index in [-0.39, 0.29) is 12.1 Å². The first-order chi connectivity index (χ1) is 16.7. The SMILES string of the molecule is COc1cccc([C@@H]2Oc3ccccc3C3=C2[C@@H](c2ccc(C)cc2)n2nc(SC)nc2N3)c1. The van der Waals surface area contributed by atoms with Gasteiger partial charge in [0, 0.05) is 16.7 Å². The van der Waals surface area contributed by atoms with Gasteiger partial charge in [-0.1, -0.05) is 65.9 Å². The molecule has 3 aromatic carbocycles. The molecule has 2 aliphatic rings.